The molecule has 0 saturated heterocycles. The first kappa shape index (κ1) is 13.0. The summed E-state index contributed by atoms with van der Waals surface area (Å²) in [5.74, 6) is -0.305. The smallest absolute Gasteiger partial charge is 0.348 e. The summed E-state index contributed by atoms with van der Waals surface area (Å²) < 4.78 is 5.00. The second-order valence-electron chi connectivity index (χ2n) is 4.07. The number of hydrogen-bond donors (Lipinski definition) is 0. The Balaban J connectivity index is 2.75. The van der Waals surface area contributed by atoms with Crippen molar-refractivity contribution in [3.05, 3.63) is 41.5 Å². The minimum atomic E-state index is -0.565. The number of carbonyl (C=O) groups is 1. The molecule has 0 aliphatic rings. The van der Waals surface area contributed by atoms with Gasteiger partial charge in [-0.15, -0.1) is 0 Å². The number of nitriles is 1. The van der Waals surface area contributed by atoms with Gasteiger partial charge < -0.3 is 4.74 Å². The molecule has 0 N–H and O–H groups in total. The van der Waals surface area contributed by atoms with Crippen LogP contribution in [0.25, 0.3) is 6.08 Å². The highest BCUT2D eigenvalue weighted by molar-refractivity contribution is 5.97. The predicted octanol–water partition coefficient (Wildman–Crippen LogP) is 2.79. The number of hydrogen-bond acceptors (Lipinski definition) is 3. The fourth-order valence-corrected chi connectivity index (χ4v) is 1.17. The molecule has 1 aromatic rings. The largest absolute Gasteiger partial charge is 0.461 e. The van der Waals surface area contributed by atoms with Gasteiger partial charge in [-0.05, 0) is 17.6 Å². The van der Waals surface area contributed by atoms with Gasteiger partial charge in [-0.2, -0.15) is 5.26 Å². The van der Waals surface area contributed by atoms with E-state index in [1.807, 2.05) is 50.2 Å². The molecule has 1 rings (SSSR count). The Labute approximate surface area is 101 Å². The van der Waals surface area contributed by atoms with Crippen LogP contribution in [0.5, 0.6) is 0 Å². The molecule has 0 radical (unpaired) electrons. The first-order chi connectivity index (χ1) is 8.13. The molecule has 0 saturated carbocycles. The van der Waals surface area contributed by atoms with Gasteiger partial charge in [0.25, 0.3) is 0 Å². The van der Waals surface area contributed by atoms with Crippen molar-refractivity contribution in [2.45, 2.75) is 13.8 Å². The summed E-state index contributed by atoms with van der Waals surface area (Å²) in [4.78, 5) is 11.6. The lowest BCUT2D eigenvalue weighted by molar-refractivity contribution is -0.139. The molecule has 0 fully saturated rings. The highest BCUT2D eigenvalue weighted by Crippen LogP contribution is 2.08. The van der Waals surface area contributed by atoms with Crippen molar-refractivity contribution in [1.82, 2.24) is 0 Å². The lowest BCUT2D eigenvalue weighted by Gasteiger charge is -2.05. The van der Waals surface area contributed by atoms with Crippen LogP contribution in [-0.2, 0) is 9.53 Å². The zero-order chi connectivity index (χ0) is 12.7. The Morgan fingerprint density at radius 3 is 2.59 bits per heavy atom. The molecule has 0 unspecified atom stereocenters. The monoisotopic (exact) mass is 229 g/mol. The summed E-state index contributed by atoms with van der Waals surface area (Å²) in [6, 6.07) is 11.1. The van der Waals surface area contributed by atoms with Crippen molar-refractivity contribution in [2.24, 2.45) is 5.92 Å². The van der Waals surface area contributed by atoms with E-state index in [-0.39, 0.29) is 11.5 Å². The highest BCUT2D eigenvalue weighted by Gasteiger charge is 2.11. The van der Waals surface area contributed by atoms with Crippen LogP contribution in [0.1, 0.15) is 19.4 Å². The Kier molecular flexibility index (Phi) is 4.96. The highest BCUT2D eigenvalue weighted by atomic mass is 16.5. The third-order valence-electron chi connectivity index (χ3n) is 2.00. The lowest BCUT2D eigenvalue weighted by Crippen LogP contribution is -2.11. The zero-order valence-electron chi connectivity index (χ0n) is 10.0. The average molecular weight is 229 g/mol. The van der Waals surface area contributed by atoms with Crippen LogP contribution in [0.3, 0.4) is 0 Å². The molecular formula is C14H15NO2. The molecule has 0 heterocycles. The summed E-state index contributed by atoms with van der Waals surface area (Å²) in [6.45, 7) is 4.22. The number of rotatable bonds is 4. The molecule has 0 aliphatic heterocycles. The topological polar surface area (TPSA) is 50.1 Å². The fourth-order valence-electron chi connectivity index (χ4n) is 1.17. The van der Waals surface area contributed by atoms with E-state index in [0.717, 1.165) is 5.56 Å². The molecule has 0 amide bonds. The molecule has 88 valence electrons. The van der Waals surface area contributed by atoms with E-state index >= 15 is 0 Å². The van der Waals surface area contributed by atoms with Gasteiger partial charge in [0.2, 0.25) is 0 Å². The zero-order valence-corrected chi connectivity index (χ0v) is 10.0. The molecule has 17 heavy (non-hydrogen) atoms. The maximum absolute atomic E-state index is 11.6. The van der Waals surface area contributed by atoms with Crippen molar-refractivity contribution in [2.75, 3.05) is 6.61 Å². The fraction of sp³-hybridized carbons (Fsp3) is 0.286. The van der Waals surface area contributed by atoms with Gasteiger partial charge in [0.05, 0.1) is 6.61 Å². The molecule has 3 heteroatoms. The molecule has 3 nitrogen and oxygen atoms in total. The van der Waals surface area contributed by atoms with Crippen LogP contribution < -0.4 is 0 Å². The van der Waals surface area contributed by atoms with Gasteiger partial charge in [0.1, 0.15) is 11.6 Å². The Bertz CT molecular complexity index is 441. The van der Waals surface area contributed by atoms with E-state index in [4.69, 9.17) is 10.00 Å². The summed E-state index contributed by atoms with van der Waals surface area (Å²) in [5.41, 5.74) is 0.836. The number of nitrogens with zero attached hydrogens (tertiary/aromatic N) is 1. The standard InChI is InChI=1S/C14H15NO2/c1-11(2)10-17-14(16)13(9-15)8-12-6-4-3-5-7-12/h3-8,11H,10H2,1-2H3. The minimum Gasteiger partial charge on any atom is -0.461 e. The second kappa shape index (κ2) is 6.49. The van der Waals surface area contributed by atoms with Gasteiger partial charge in [0, 0.05) is 0 Å². The number of benzene rings is 1. The van der Waals surface area contributed by atoms with Gasteiger partial charge in [0.15, 0.2) is 0 Å². The average Bonchev–Trinajstić information content (AvgIpc) is 2.34. The summed E-state index contributed by atoms with van der Waals surface area (Å²) in [5, 5.41) is 8.90. The predicted molar refractivity (Wildman–Crippen MR) is 65.8 cm³/mol. The van der Waals surface area contributed by atoms with E-state index in [2.05, 4.69) is 0 Å². The normalized spacial score (nSPS) is 11.1. The first-order valence-electron chi connectivity index (χ1n) is 5.47. The van der Waals surface area contributed by atoms with Crippen LogP contribution >= 0.6 is 0 Å². The van der Waals surface area contributed by atoms with Crippen LogP contribution in [0.2, 0.25) is 0 Å². The third kappa shape index (κ3) is 4.52. The quantitative estimate of drug-likeness (QED) is 0.453. The molecular weight excluding hydrogens is 214 g/mol. The molecule has 1 aromatic carbocycles. The van der Waals surface area contributed by atoms with E-state index in [1.165, 1.54) is 6.08 Å². The van der Waals surface area contributed by atoms with Crippen LogP contribution in [-0.4, -0.2) is 12.6 Å². The van der Waals surface area contributed by atoms with Gasteiger partial charge in [-0.3, -0.25) is 0 Å². The first-order valence-corrected chi connectivity index (χ1v) is 5.47. The van der Waals surface area contributed by atoms with E-state index in [9.17, 15) is 4.79 Å². The minimum absolute atomic E-state index is 0.0249. The van der Waals surface area contributed by atoms with Crippen molar-refractivity contribution < 1.29 is 9.53 Å². The third-order valence-corrected chi connectivity index (χ3v) is 2.00. The van der Waals surface area contributed by atoms with Gasteiger partial charge >= 0.3 is 5.97 Å². The van der Waals surface area contributed by atoms with Crippen molar-refractivity contribution in [3.8, 4) is 6.07 Å². The van der Waals surface area contributed by atoms with Crippen LogP contribution in [0.15, 0.2) is 35.9 Å². The maximum atomic E-state index is 11.6. The molecule has 0 spiro atoms. The summed E-state index contributed by atoms with van der Waals surface area (Å²) in [7, 11) is 0. The molecule has 0 atom stereocenters. The number of ether oxygens (including phenoxy) is 1. The van der Waals surface area contributed by atoms with Gasteiger partial charge in [-0.1, -0.05) is 44.2 Å². The van der Waals surface area contributed by atoms with Crippen LogP contribution in [0.4, 0.5) is 0 Å². The summed E-state index contributed by atoms with van der Waals surface area (Å²) in [6.07, 6.45) is 1.53. The molecule has 0 aliphatic carbocycles. The van der Waals surface area contributed by atoms with Crippen LogP contribution in [0, 0.1) is 17.2 Å². The van der Waals surface area contributed by atoms with Crippen molar-refractivity contribution in [3.63, 3.8) is 0 Å². The SMILES string of the molecule is CC(C)COC(=O)C(C#N)=Cc1ccccc1. The Morgan fingerprint density at radius 1 is 1.41 bits per heavy atom. The van der Waals surface area contributed by atoms with Crippen molar-refractivity contribution in [1.29, 1.82) is 5.26 Å². The molecule has 0 aromatic heterocycles. The van der Waals surface area contributed by atoms with Crippen molar-refractivity contribution >= 4 is 12.0 Å². The number of esters is 1. The Hall–Kier alpha value is -2.08. The van der Waals surface area contributed by atoms with E-state index in [1.54, 1.807) is 0 Å². The maximum Gasteiger partial charge on any atom is 0.348 e. The van der Waals surface area contributed by atoms with E-state index < -0.39 is 5.97 Å². The van der Waals surface area contributed by atoms with E-state index in [0.29, 0.717) is 6.61 Å². The Morgan fingerprint density at radius 2 is 2.06 bits per heavy atom. The molecule has 0 bridgehead atoms. The number of carbonyl (C=O) groups excluding carboxylic acids is 1. The van der Waals surface area contributed by atoms with Gasteiger partial charge in [-0.25, -0.2) is 4.79 Å². The second-order valence-corrected chi connectivity index (χ2v) is 4.07. The summed E-state index contributed by atoms with van der Waals surface area (Å²) >= 11 is 0. The lowest BCUT2D eigenvalue weighted by atomic mass is 10.1.